The third-order valence-corrected chi connectivity index (χ3v) is 4.50. The van der Waals surface area contributed by atoms with Gasteiger partial charge in [-0.05, 0) is 29.7 Å². The number of nitrogens with one attached hydrogen (secondary N) is 1. The number of hydrogen-bond donors (Lipinski definition) is 1. The van der Waals surface area contributed by atoms with E-state index < -0.39 is 6.04 Å². The van der Waals surface area contributed by atoms with Crippen LogP contribution in [0.15, 0.2) is 63.6 Å². The monoisotopic (exact) mass is 413 g/mol. The highest BCUT2D eigenvalue weighted by Crippen LogP contribution is 2.33. The van der Waals surface area contributed by atoms with Gasteiger partial charge >= 0.3 is 0 Å². The van der Waals surface area contributed by atoms with Gasteiger partial charge in [0.2, 0.25) is 11.7 Å². The van der Waals surface area contributed by atoms with Crippen molar-refractivity contribution in [2.45, 2.75) is 26.8 Å². The van der Waals surface area contributed by atoms with Crippen molar-refractivity contribution in [2.75, 3.05) is 0 Å². The summed E-state index contributed by atoms with van der Waals surface area (Å²) in [7, 11) is 0. The summed E-state index contributed by atoms with van der Waals surface area (Å²) in [4.78, 5) is 17.2. The number of rotatable bonds is 4. The van der Waals surface area contributed by atoms with E-state index in [1.54, 1.807) is 12.1 Å². The lowest BCUT2D eigenvalue weighted by Crippen LogP contribution is -2.36. The molecule has 0 radical (unpaired) electrons. The predicted octanol–water partition coefficient (Wildman–Crippen LogP) is 5.02. The number of carbonyl (C=O) groups is 1. The van der Waals surface area contributed by atoms with Gasteiger partial charge in [0.05, 0.1) is 0 Å². The topological polar surface area (TPSA) is 68.0 Å². The lowest BCUT2D eigenvalue weighted by molar-refractivity contribution is 0.0881. The van der Waals surface area contributed by atoms with Gasteiger partial charge in [0.25, 0.3) is 5.91 Å². The van der Waals surface area contributed by atoms with Crippen LogP contribution in [0.25, 0.3) is 11.4 Å². The Morgan fingerprint density at radius 3 is 2.35 bits per heavy atom. The molecule has 2 aromatic carbocycles. The minimum atomic E-state index is -0.413. The van der Waals surface area contributed by atoms with Gasteiger partial charge in [0.15, 0.2) is 0 Å². The van der Waals surface area contributed by atoms with Crippen LogP contribution in [0, 0.1) is 5.41 Å². The third kappa shape index (κ3) is 4.19. The molecule has 5 nitrogen and oxygen atoms in total. The zero-order valence-corrected chi connectivity index (χ0v) is 16.4. The van der Waals surface area contributed by atoms with Crippen molar-refractivity contribution in [3.63, 3.8) is 0 Å². The summed E-state index contributed by atoms with van der Waals surface area (Å²) in [5, 5.41) is 7.09. The third-order valence-electron chi connectivity index (χ3n) is 3.97. The Morgan fingerprint density at radius 1 is 1.08 bits per heavy atom. The van der Waals surface area contributed by atoms with Gasteiger partial charge in [-0.25, -0.2) is 0 Å². The van der Waals surface area contributed by atoms with Gasteiger partial charge in [-0.1, -0.05) is 72.2 Å². The summed E-state index contributed by atoms with van der Waals surface area (Å²) in [5.41, 5.74) is 1.14. The number of nitrogens with zero attached hydrogens (tertiary/aromatic N) is 2. The lowest BCUT2D eigenvalue weighted by Gasteiger charge is -2.28. The molecule has 0 saturated heterocycles. The van der Waals surface area contributed by atoms with Crippen LogP contribution in [0.2, 0.25) is 0 Å². The molecule has 6 heteroatoms. The van der Waals surface area contributed by atoms with Crippen LogP contribution >= 0.6 is 15.9 Å². The quantitative estimate of drug-likeness (QED) is 0.651. The molecule has 1 N–H and O–H groups in total. The first-order valence-electron chi connectivity index (χ1n) is 8.30. The summed E-state index contributed by atoms with van der Waals surface area (Å²) in [6.45, 7) is 6.06. The Bertz CT molecular complexity index is 883. The van der Waals surface area contributed by atoms with Crippen molar-refractivity contribution in [1.82, 2.24) is 15.5 Å². The summed E-state index contributed by atoms with van der Waals surface area (Å²) in [6, 6.07) is 16.4. The molecule has 26 heavy (non-hydrogen) atoms. The maximum absolute atomic E-state index is 12.6. The molecule has 0 aliphatic carbocycles. The number of carbonyl (C=O) groups excluding carboxylic acids is 1. The first kappa shape index (κ1) is 18.3. The van der Waals surface area contributed by atoms with E-state index in [-0.39, 0.29) is 11.3 Å². The van der Waals surface area contributed by atoms with Crippen LogP contribution < -0.4 is 5.32 Å². The van der Waals surface area contributed by atoms with Gasteiger partial charge in [-0.2, -0.15) is 4.98 Å². The largest absolute Gasteiger partial charge is 0.340 e. The summed E-state index contributed by atoms with van der Waals surface area (Å²) in [5.74, 6) is 0.714. The second kappa shape index (κ2) is 7.41. The van der Waals surface area contributed by atoms with Crippen molar-refractivity contribution in [2.24, 2.45) is 5.41 Å². The molecule has 0 saturated carbocycles. The van der Waals surface area contributed by atoms with Crippen LogP contribution in [0.4, 0.5) is 0 Å². The fourth-order valence-corrected chi connectivity index (χ4v) is 2.79. The van der Waals surface area contributed by atoms with Crippen LogP contribution in [0.1, 0.15) is 43.1 Å². The SMILES string of the molecule is CC(C)(C)C(NC(=O)c1ccc(Br)cc1)c1nc(-c2ccccc2)no1. The van der Waals surface area contributed by atoms with Crippen molar-refractivity contribution in [1.29, 1.82) is 0 Å². The van der Waals surface area contributed by atoms with E-state index in [0.29, 0.717) is 17.3 Å². The summed E-state index contributed by atoms with van der Waals surface area (Å²) >= 11 is 3.37. The minimum absolute atomic E-state index is 0.183. The van der Waals surface area contributed by atoms with Crippen molar-refractivity contribution in [3.8, 4) is 11.4 Å². The number of hydrogen-bond acceptors (Lipinski definition) is 4. The molecule has 0 aliphatic rings. The number of amides is 1. The molecule has 1 atom stereocenters. The number of halogens is 1. The average molecular weight is 414 g/mol. The van der Waals surface area contributed by atoms with Crippen LogP contribution in [0.3, 0.4) is 0 Å². The van der Waals surface area contributed by atoms with Gasteiger partial charge < -0.3 is 9.84 Å². The molecule has 0 bridgehead atoms. The maximum atomic E-state index is 12.6. The normalized spacial score (nSPS) is 12.6. The molecule has 0 aliphatic heterocycles. The molecule has 3 rings (SSSR count). The van der Waals surface area contributed by atoms with Gasteiger partial charge in [0, 0.05) is 15.6 Å². The van der Waals surface area contributed by atoms with E-state index >= 15 is 0 Å². The van der Waals surface area contributed by atoms with E-state index in [1.165, 1.54) is 0 Å². The van der Waals surface area contributed by atoms with Crippen LogP contribution in [-0.4, -0.2) is 16.0 Å². The molecule has 1 amide bonds. The minimum Gasteiger partial charge on any atom is -0.340 e. The van der Waals surface area contributed by atoms with Crippen molar-refractivity contribution < 1.29 is 9.32 Å². The Labute approximate surface area is 160 Å². The maximum Gasteiger partial charge on any atom is 0.251 e. The van der Waals surface area contributed by atoms with Crippen molar-refractivity contribution in [3.05, 3.63) is 70.5 Å². The Hall–Kier alpha value is -2.47. The van der Waals surface area contributed by atoms with E-state index in [9.17, 15) is 4.79 Å². The zero-order valence-electron chi connectivity index (χ0n) is 14.9. The smallest absolute Gasteiger partial charge is 0.251 e. The fourth-order valence-electron chi connectivity index (χ4n) is 2.52. The van der Waals surface area contributed by atoms with Crippen LogP contribution in [-0.2, 0) is 0 Å². The van der Waals surface area contributed by atoms with E-state index in [1.807, 2.05) is 63.2 Å². The highest BCUT2D eigenvalue weighted by atomic mass is 79.9. The molecule has 1 aromatic heterocycles. The van der Waals surface area contributed by atoms with E-state index in [0.717, 1.165) is 10.0 Å². The van der Waals surface area contributed by atoms with Crippen molar-refractivity contribution >= 4 is 21.8 Å². The predicted molar refractivity (Wildman–Crippen MR) is 104 cm³/mol. The van der Waals surface area contributed by atoms with Crippen LogP contribution in [0.5, 0.6) is 0 Å². The lowest BCUT2D eigenvalue weighted by atomic mass is 9.86. The highest BCUT2D eigenvalue weighted by molar-refractivity contribution is 9.10. The molecular formula is C20H20BrN3O2. The second-order valence-electron chi connectivity index (χ2n) is 7.10. The first-order valence-corrected chi connectivity index (χ1v) is 9.09. The van der Waals surface area contributed by atoms with Gasteiger partial charge in [-0.15, -0.1) is 0 Å². The van der Waals surface area contributed by atoms with E-state index in [2.05, 4.69) is 31.4 Å². The summed E-state index contributed by atoms with van der Waals surface area (Å²) < 4.78 is 6.40. The molecule has 0 spiro atoms. The van der Waals surface area contributed by atoms with Gasteiger partial charge in [0.1, 0.15) is 6.04 Å². The number of benzene rings is 2. The fraction of sp³-hybridized carbons (Fsp3) is 0.250. The Morgan fingerprint density at radius 2 is 1.73 bits per heavy atom. The summed E-state index contributed by atoms with van der Waals surface area (Å²) in [6.07, 6.45) is 0. The molecule has 134 valence electrons. The molecule has 0 fully saturated rings. The molecule has 1 heterocycles. The molecular weight excluding hydrogens is 394 g/mol. The Kier molecular flexibility index (Phi) is 5.23. The molecule has 1 unspecified atom stereocenters. The molecule has 3 aromatic rings. The first-order chi connectivity index (χ1) is 12.3. The van der Waals surface area contributed by atoms with Gasteiger partial charge in [-0.3, -0.25) is 4.79 Å². The second-order valence-corrected chi connectivity index (χ2v) is 8.02. The highest BCUT2D eigenvalue weighted by Gasteiger charge is 2.33. The number of aromatic nitrogens is 2. The average Bonchev–Trinajstić information content (AvgIpc) is 3.09. The standard InChI is InChI=1S/C20H20BrN3O2/c1-20(2,3)16(22-18(25)14-9-11-15(21)12-10-14)19-23-17(24-26-19)13-7-5-4-6-8-13/h4-12,16H,1-3H3,(H,22,25). The zero-order chi connectivity index (χ0) is 18.7. The van der Waals surface area contributed by atoms with E-state index in [4.69, 9.17) is 4.52 Å². The Balaban J connectivity index is 1.86.